The summed E-state index contributed by atoms with van der Waals surface area (Å²) in [5.74, 6) is 0.0498. The zero-order valence-electron chi connectivity index (χ0n) is 9.67. The third-order valence-electron chi connectivity index (χ3n) is 3.06. The Morgan fingerprint density at radius 2 is 2.22 bits per heavy atom. The summed E-state index contributed by atoms with van der Waals surface area (Å²) < 4.78 is 1.89. The van der Waals surface area contributed by atoms with Crippen molar-refractivity contribution in [2.24, 2.45) is 0 Å². The van der Waals surface area contributed by atoms with E-state index in [1.165, 1.54) is 11.3 Å². The van der Waals surface area contributed by atoms with E-state index in [1.807, 2.05) is 20.9 Å². The van der Waals surface area contributed by atoms with Gasteiger partial charge in [0.1, 0.15) is 0 Å². The number of thiazole rings is 1. The predicted octanol–water partition coefficient (Wildman–Crippen LogP) is 2.68. The molecule has 2 aromatic heterocycles. The van der Waals surface area contributed by atoms with Gasteiger partial charge in [0.25, 0.3) is 0 Å². The number of likely N-dealkylation sites (tertiary alicyclic amines) is 1. The van der Waals surface area contributed by atoms with Crippen molar-refractivity contribution in [2.45, 2.75) is 12.8 Å². The molecule has 3 heterocycles. The van der Waals surface area contributed by atoms with Crippen LogP contribution >= 0.6 is 22.9 Å². The third-order valence-corrected chi connectivity index (χ3v) is 4.09. The fraction of sp³-hybridized carbons (Fsp3) is 0.333. The molecular formula is C12H12ClN3OS. The van der Waals surface area contributed by atoms with Gasteiger partial charge in [-0.15, -0.1) is 11.3 Å². The molecular weight excluding hydrogens is 270 g/mol. The van der Waals surface area contributed by atoms with Crippen LogP contribution in [0.1, 0.15) is 18.5 Å². The molecule has 1 fully saturated rings. The lowest BCUT2D eigenvalue weighted by atomic mass is 10.3. The number of aromatic nitrogens is 2. The zero-order chi connectivity index (χ0) is 12.5. The first-order valence-electron chi connectivity index (χ1n) is 5.84. The molecule has 0 spiro atoms. The monoisotopic (exact) mass is 281 g/mol. The number of amides is 1. The Labute approximate surface area is 113 Å². The van der Waals surface area contributed by atoms with Crippen LogP contribution in [-0.2, 0) is 4.79 Å². The molecule has 94 valence electrons. The molecule has 0 aliphatic carbocycles. The molecule has 0 aromatic carbocycles. The van der Waals surface area contributed by atoms with E-state index in [1.54, 1.807) is 12.2 Å². The SMILES string of the molecule is O=C(/C=C/c1c(Cl)nc2sccn12)N1CCCC1. The topological polar surface area (TPSA) is 37.6 Å². The minimum atomic E-state index is 0.0498. The summed E-state index contributed by atoms with van der Waals surface area (Å²) in [6.45, 7) is 1.72. The van der Waals surface area contributed by atoms with Gasteiger partial charge in [0.2, 0.25) is 5.91 Å². The van der Waals surface area contributed by atoms with Gasteiger partial charge in [-0.25, -0.2) is 4.98 Å². The molecule has 0 unspecified atom stereocenters. The van der Waals surface area contributed by atoms with Crippen molar-refractivity contribution in [1.82, 2.24) is 14.3 Å². The summed E-state index contributed by atoms with van der Waals surface area (Å²) in [5.41, 5.74) is 0.764. The average molecular weight is 282 g/mol. The molecule has 3 rings (SSSR count). The fourth-order valence-corrected chi connectivity index (χ4v) is 3.12. The van der Waals surface area contributed by atoms with Crippen molar-refractivity contribution >= 4 is 39.9 Å². The molecule has 0 atom stereocenters. The molecule has 2 aromatic rings. The highest BCUT2D eigenvalue weighted by molar-refractivity contribution is 7.15. The first-order valence-corrected chi connectivity index (χ1v) is 7.09. The average Bonchev–Trinajstić information content (AvgIpc) is 3.02. The molecule has 0 radical (unpaired) electrons. The number of carbonyl (C=O) groups is 1. The van der Waals surface area contributed by atoms with Crippen molar-refractivity contribution in [1.29, 1.82) is 0 Å². The second kappa shape index (κ2) is 4.74. The number of rotatable bonds is 2. The second-order valence-corrected chi connectivity index (χ2v) is 5.44. The van der Waals surface area contributed by atoms with Crippen LogP contribution in [0.2, 0.25) is 5.15 Å². The van der Waals surface area contributed by atoms with Gasteiger partial charge in [0, 0.05) is 30.7 Å². The predicted molar refractivity (Wildman–Crippen MR) is 72.9 cm³/mol. The van der Waals surface area contributed by atoms with Crippen LogP contribution in [0, 0.1) is 0 Å². The lowest BCUT2D eigenvalue weighted by molar-refractivity contribution is -0.124. The summed E-state index contributed by atoms with van der Waals surface area (Å²) in [7, 11) is 0. The zero-order valence-corrected chi connectivity index (χ0v) is 11.2. The number of hydrogen-bond acceptors (Lipinski definition) is 3. The Morgan fingerprint density at radius 3 is 3.00 bits per heavy atom. The maximum Gasteiger partial charge on any atom is 0.246 e. The molecule has 1 amide bonds. The molecule has 0 saturated carbocycles. The van der Waals surface area contributed by atoms with E-state index in [9.17, 15) is 4.79 Å². The summed E-state index contributed by atoms with van der Waals surface area (Å²) in [4.78, 5) is 18.8. The highest BCUT2D eigenvalue weighted by Crippen LogP contribution is 2.22. The smallest absolute Gasteiger partial charge is 0.246 e. The van der Waals surface area contributed by atoms with E-state index >= 15 is 0 Å². The highest BCUT2D eigenvalue weighted by Gasteiger charge is 2.16. The number of fused-ring (bicyclic) bond motifs is 1. The lowest BCUT2D eigenvalue weighted by Gasteiger charge is -2.11. The molecule has 0 bridgehead atoms. The van der Waals surface area contributed by atoms with Crippen molar-refractivity contribution in [2.75, 3.05) is 13.1 Å². The quantitative estimate of drug-likeness (QED) is 0.794. The van der Waals surface area contributed by atoms with Crippen LogP contribution in [0.25, 0.3) is 11.0 Å². The van der Waals surface area contributed by atoms with Crippen LogP contribution in [0.4, 0.5) is 0 Å². The molecule has 0 N–H and O–H groups in total. The van der Waals surface area contributed by atoms with Crippen LogP contribution in [-0.4, -0.2) is 33.3 Å². The Balaban J connectivity index is 1.84. The number of nitrogens with zero attached hydrogens (tertiary/aromatic N) is 3. The van der Waals surface area contributed by atoms with Gasteiger partial charge < -0.3 is 4.90 Å². The van der Waals surface area contributed by atoms with Gasteiger partial charge in [-0.05, 0) is 18.9 Å². The Kier molecular flexibility index (Phi) is 3.09. The highest BCUT2D eigenvalue weighted by atomic mass is 35.5. The van der Waals surface area contributed by atoms with Gasteiger partial charge >= 0.3 is 0 Å². The second-order valence-electron chi connectivity index (χ2n) is 4.21. The first kappa shape index (κ1) is 11.7. The lowest BCUT2D eigenvalue weighted by Crippen LogP contribution is -2.25. The van der Waals surface area contributed by atoms with Crippen molar-refractivity contribution in [3.05, 3.63) is 28.5 Å². The molecule has 1 aliphatic heterocycles. The molecule has 18 heavy (non-hydrogen) atoms. The number of halogens is 1. The molecule has 1 aliphatic rings. The van der Waals surface area contributed by atoms with Crippen molar-refractivity contribution in [3.63, 3.8) is 0 Å². The summed E-state index contributed by atoms with van der Waals surface area (Å²) in [6.07, 6.45) is 7.43. The summed E-state index contributed by atoms with van der Waals surface area (Å²) in [6, 6.07) is 0. The minimum Gasteiger partial charge on any atom is -0.339 e. The van der Waals surface area contributed by atoms with E-state index in [2.05, 4.69) is 4.98 Å². The van der Waals surface area contributed by atoms with Crippen LogP contribution in [0.15, 0.2) is 17.7 Å². The van der Waals surface area contributed by atoms with Crippen molar-refractivity contribution < 1.29 is 4.79 Å². The number of imidazole rings is 1. The first-order chi connectivity index (χ1) is 8.75. The van der Waals surface area contributed by atoms with E-state index in [4.69, 9.17) is 11.6 Å². The molecule has 6 heteroatoms. The van der Waals surface area contributed by atoms with Crippen LogP contribution in [0.3, 0.4) is 0 Å². The van der Waals surface area contributed by atoms with Crippen LogP contribution < -0.4 is 0 Å². The number of hydrogen-bond donors (Lipinski definition) is 0. The van der Waals surface area contributed by atoms with Crippen molar-refractivity contribution in [3.8, 4) is 0 Å². The van der Waals surface area contributed by atoms with Gasteiger partial charge in [0.05, 0.1) is 5.69 Å². The largest absolute Gasteiger partial charge is 0.339 e. The maximum absolute atomic E-state index is 11.9. The van der Waals surface area contributed by atoms with Crippen LogP contribution in [0.5, 0.6) is 0 Å². The van der Waals surface area contributed by atoms with Gasteiger partial charge in [-0.2, -0.15) is 0 Å². The van der Waals surface area contributed by atoms with E-state index < -0.39 is 0 Å². The third kappa shape index (κ3) is 2.04. The normalized spacial score (nSPS) is 16.2. The Bertz CT molecular complexity index is 610. The molecule has 4 nitrogen and oxygen atoms in total. The maximum atomic E-state index is 11.9. The Hall–Kier alpha value is -1.33. The van der Waals surface area contributed by atoms with Gasteiger partial charge in [-0.1, -0.05) is 11.6 Å². The van der Waals surface area contributed by atoms with E-state index in [0.29, 0.717) is 5.15 Å². The molecule has 1 saturated heterocycles. The van der Waals surface area contributed by atoms with Gasteiger partial charge in [-0.3, -0.25) is 9.20 Å². The summed E-state index contributed by atoms with van der Waals surface area (Å²) in [5, 5.41) is 2.38. The standard InChI is InChI=1S/C12H12ClN3OS/c13-11-9(16-7-8-18-12(16)14-11)3-4-10(17)15-5-1-2-6-15/h3-4,7-8H,1-2,5-6H2/b4-3+. The van der Waals surface area contributed by atoms with E-state index in [0.717, 1.165) is 36.6 Å². The number of carbonyl (C=O) groups excluding carboxylic acids is 1. The minimum absolute atomic E-state index is 0.0498. The van der Waals surface area contributed by atoms with Gasteiger partial charge in [0.15, 0.2) is 10.1 Å². The fourth-order valence-electron chi connectivity index (χ4n) is 2.12. The van der Waals surface area contributed by atoms with E-state index in [-0.39, 0.29) is 5.91 Å². The summed E-state index contributed by atoms with van der Waals surface area (Å²) >= 11 is 7.57. The Morgan fingerprint density at radius 1 is 1.44 bits per heavy atom.